The van der Waals surface area contributed by atoms with E-state index in [1.165, 1.54) is 12.7 Å². The van der Waals surface area contributed by atoms with E-state index in [0.29, 0.717) is 0 Å². The molecule has 0 aliphatic carbocycles. The Morgan fingerprint density at radius 2 is 1.94 bits per heavy atom. The molecule has 0 radical (unpaired) electrons. The van der Waals surface area contributed by atoms with Gasteiger partial charge in [0.1, 0.15) is 6.61 Å². The summed E-state index contributed by atoms with van der Waals surface area (Å²) in [5.74, 6) is -0.138. The van der Waals surface area contributed by atoms with Crippen LogP contribution in [0.4, 0.5) is 5.69 Å². The zero-order chi connectivity index (χ0) is 12.9. The first-order valence-corrected chi connectivity index (χ1v) is 6.27. The van der Waals surface area contributed by atoms with Crippen molar-refractivity contribution >= 4 is 27.5 Å². The Balaban J connectivity index is 2.59. The van der Waals surface area contributed by atoms with Crippen LogP contribution in [0.25, 0.3) is 0 Å². The Bertz CT molecular complexity index is 368. The number of amides is 1. The average molecular weight is 300 g/mol. The molecular weight excluding hydrogens is 282 g/mol. The van der Waals surface area contributed by atoms with Gasteiger partial charge in [-0.25, -0.2) is 0 Å². The molecule has 0 aliphatic heterocycles. The van der Waals surface area contributed by atoms with Crippen molar-refractivity contribution in [2.24, 2.45) is 0 Å². The van der Waals surface area contributed by atoms with Crippen LogP contribution in [0, 0.1) is 0 Å². The third-order valence-electron chi connectivity index (χ3n) is 2.14. The maximum atomic E-state index is 11.3. The number of methoxy groups -OCH3 is 1. The number of carbonyl (C=O) groups excluding carboxylic acids is 1. The molecule has 4 heteroatoms. The SMILES string of the molecule is COCC(=O)Nc1ccc(CC(C)(C)Br)cc1. The van der Waals surface area contributed by atoms with Crippen molar-refractivity contribution in [2.75, 3.05) is 19.0 Å². The van der Waals surface area contributed by atoms with Gasteiger partial charge in [-0.3, -0.25) is 4.79 Å². The molecule has 1 aromatic carbocycles. The number of hydrogen-bond donors (Lipinski definition) is 1. The van der Waals surface area contributed by atoms with Crippen LogP contribution in [0.2, 0.25) is 0 Å². The topological polar surface area (TPSA) is 38.3 Å². The van der Waals surface area contributed by atoms with Crippen LogP contribution in [0.3, 0.4) is 0 Å². The van der Waals surface area contributed by atoms with Crippen molar-refractivity contribution in [3.05, 3.63) is 29.8 Å². The van der Waals surface area contributed by atoms with E-state index in [0.717, 1.165) is 12.1 Å². The van der Waals surface area contributed by atoms with Crippen molar-refractivity contribution in [1.82, 2.24) is 0 Å². The number of halogens is 1. The van der Waals surface area contributed by atoms with Crippen LogP contribution in [-0.2, 0) is 16.0 Å². The third kappa shape index (κ3) is 5.84. The van der Waals surface area contributed by atoms with Crippen LogP contribution < -0.4 is 5.32 Å². The Labute approximate surface area is 111 Å². The quantitative estimate of drug-likeness (QED) is 0.849. The number of rotatable bonds is 5. The zero-order valence-electron chi connectivity index (χ0n) is 10.4. The average Bonchev–Trinajstić information content (AvgIpc) is 2.19. The van der Waals surface area contributed by atoms with Gasteiger partial charge < -0.3 is 10.1 Å². The Hall–Kier alpha value is -0.870. The minimum Gasteiger partial charge on any atom is -0.375 e. The Morgan fingerprint density at radius 1 is 1.35 bits per heavy atom. The summed E-state index contributed by atoms with van der Waals surface area (Å²) in [5, 5.41) is 2.76. The normalized spacial score (nSPS) is 11.3. The summed E-state index contributed by atoms with van der Waals surface area (Å²) in [6, 6.07) is 7.85. The van der Waals surface area contributed by atoms with E-state index >= 15 is 0 Å². The second kappa shape index (κ2) is 6.17. The summed E-state index contributed by atoms with van der Waals surface area (Å²) in [7, 11) is 1.50. The number of ether oxygens (including phenoxy) is 1. The monoisotopic (exact) mass is 299 g/mol. The van der Waals surface area contributed by atoms with E-state index in [1.54, 1.807) is 0 Å². The number of carbonyl (C=O) groups is 1. The minimum atomic E-state index is -0.138. The van der Waals surface area contributed by atoms with Crippen molar-refractivity contribution in [1.29, 1.82) is 0 Å². The lowest BCUT2D eigenvalue weighted by atomic mass is 10.0. The van der Waals surface area contributed by atoms with E-state index in [-0.39, 0.29) is 16.8 Å². The highest BCUT2D eigenvalue weighted by Gasteiger charge is 2.13. The van der Waals surface area contributed by atoms with Crippen LogP contribution in [0.15, 0.2) is 24.3 Å². The third-order valence-corrected chi connectivity index (χ3v) is 2.42. The molecule has 0 aromatic heterocycles. The molecule has 3 nitrogen and oxygen atoms in total. The van der Waals surface area contributed by atoms with Gasteiger partial charge in [0, 0.05) is 17.1 Å². The van der Waals surface area contributed by atoms with Gasteiger partial charge in [-0.1, -0.05) is 28.1 Å². The van der Waals surface area contributed by atoms with Crippen LogP contribution in [0.1, 0.15) is 19.4 Å². The maximum absolute atomic E-state index is 11.3. The Morgan fingerprint density at radius 3 is 2.41 bits per heavy atom. The predicted octanol–water partition coefficient (Wildman–Crippen LogP) is 2.99. The molecule has 0 fully saturated rings. The van der Waals surface area contributed by atoms with Gasteiger partial charge in [0.15, 0.2) is 0 Å². The molecule has 0 unspecified atom stereocenters. The van der Waals surface area contributed by atoms with E-state index in [9.17, 15) is 4.79 Å². The smallest absolute Gasteiger partial charge is 0.250 e. The molecule has 0 aliphatic rings. The molecule has 0 heterocycles. The van der Waals surface area contributed by atoms with Gasteiger partial charge in [0.2, 0.25) is 5.91 Å². The van der Waals surface area contributed by atoms with E-state index in [4.69, 9.17) is 4.74 Å². The number of alkyl halides is 1. The van der Waals surface area contributed by atoms with Crippen molar-refractivity contribution in [3.63, 3.8) is 0 Å². The lowest BCUT2D eigenvalue weighted by molar-refractivity contribution is -0.119. The lowest BCUT2D eigenvalue weighted by Gasteiger charge is -2.16. The molecule has 1 amide bonds. The van der Waals surface area contributed by atoms with E-state index < -0.39 is 0 Å². The minimum absolute atomic E-state index is 0.0795. The van der Waals surface area contributed by atoms with Gasteiger partial charge in [-0.2, -0.15) is 0 Å². The summed E-state index contributed by atoms with van der Waals surface area (Å²) >= 11 is 3.61. The summed E-state index contributed by atoms with van der Waals surface area (Å²) in [6.45, 7) is 4.33. The fraction of sp³-hybridized carbons (Fsp3) is 0.462. The van der Waals surface area contributed by atoms with Crippen LogP contribution >= 0.6 is 15.9 Å². The maximum Gasteiger partial charge on any atom is 0.250 e. The number of hydrogen-bond acceptors (Lipinski definition) is 2. The number of benzene rings is 1. The molecular formula is C13H18BrNO2. The van der Waals surface area contributed by atoms with Gasteiger partial charge in [0.25, 0.3) is 0 Å². The highest BCUT2D eigenvalue weighted by Crippen LogP contribution is 2.22. The molecule has 1 N–H and O–H groups in total. The standard InChI is InChI=1S/C13H18BrNO2/c1-13(2,14)8-10-4-6-11(7-5-10)15-12(16)9-17-3/h4-7H,8-9H2,1-3H3,(H,15,16). The molecule has 1 aromatic rings. The first kappa shape index (κ1) is 14.2. The fourth-order valence-electron chi connectivity index (χ4n) is 1.52. The Kier molecular flexibility index (Phi) is 5.15. The first-order chi connectivity index (χ1) is 7.90. The molecule has 94 valence electrons. The van der Waals surface area contributed by atoms with Gasteiger partial charge in [-0.05, 0) is 38.0 Å². The first-order valence-electron chi connectivity index (χ1n) is 5.47. The molecule has 0 atom stereocenters. The second-order valence-electron chi connectivity index (χ2n) is 4.57. The summed E-state index contributed by atoms with van der Waals surface area (Å²) in [5.41, 5.74) is 2.03. The van der Waals surface area contributed by atoms with Crippen LogP contribution in [0.5, 0.6) is 0 Å². The van der Waals surface area contributed by atoms with Crippen molar-refractivity contribution in [3.8, 4) is 0 Å². The van der Waals surface area contributed by atoms with E-state index in [2.05, 4.69) is 35.1 Å². The zero-order valence-corrected chi connectivity index (χ0v) is 12.0. The molecule has 0 bridgehead atoms. The number of nitrogens with one attached hydrogen (secondary N) is 1. The molecule has 0 spiro atoms. The van der Waals surface area contributed by atoms with Gasteiger partial charge >= 0.3 is 0 Å². The second-order valence-corrected chi connectivity index (χ2v) is 6.72. The van der Waals surface area contributed by atoms with Crippen molar-refractivity contribution in [2.45, 2.75) is 24.6 Å². The van der Waals surface area contributed by atoms with Gasteiger partial charge in [-0.15, -0.1) is 0 Å². The predicted molar refractivity (Wildman–Crippen MR) is 73.7 cm³/mol. The highest BCUT2D eigenvalue weighted by atomic mass is 79.9. The highest BCUT2D eigenvalue weighted by molar-refractivity contribution is 9.10. The summed E-state index contributed by atoms with van der Waals surface area (Å²) in [4.78, 5) is 11.3. The largest absolute Gasteiger partial charge is 0.375 e. The molecule has 0 saturated heterocycles. The summed E-state index contributed by atoms with van der Waals surface area (Å²) < 4.78 is 4.84. The lowest BCUT2D eigenvalue weighted by Crippen LogP contribution is -2.17. The molecule has 17 heavy (non-hydrogen) atoms. The van der Waals surface area contributed by atoms with Crippen LogP contribution in [-0.4, -0.2) is 23.9 Å². The fourth-order valence-corrected chi connectivity index (χ4v) is 1.84. The van der Waals surface area contributed by atoms with E-state index in [1.807, 2.05) is 24.3 Å². The van der Waals surface area contributed by atoms with Crippen molar-refractivity contribution < 1.29 is 9.53 Å². The molecule has 0 saturated carbocycles. The van der Waals surface area contributed by atoms with Gasteiger partial charge in [0.05, 0.1) is 0 Å². The summed E-state index contributed by atoms with van der Waals surface area (Å²) in [6.07, 6.45) is 0.944. The number of anilines is 1. The molecule has 1 rings (SSSR count).